The maximum Gasteiger partial charge on any atom is 0.183 e. The van der Waals surface area contributed by atoms with Gasteiger partial charge in [-0.05, 0) is 44.7 Å². The van der Waals surface area contributed by atoms with E-state index in [-0.39, 0.29) is 0 Å². The monoisotopic (exact) mass is 257 g/mol. The molecule has 1 aliphatic carbocycles. The van der Waals surface area contributed by atoms with Crippen molar-refractivity contribution < 1.29 is 0 Å². The van der Waals surface area contributed by atoms with Gasteiger partial charge in [-0.15, -0.1) is 0 Å². The first kappa shape index (κ1) is 12.4. The number of nitrogens with one attached hydrogen (secondary N) is 1. The molecule has 1 aliphatic heterocycles. The lowest BCUT2D eigenvalue weighted by Crippen LogP contribution is -2.40. The van der Waals surface area contributed by atoms with Crippen LogP contribution in [0.4, 0.5) is 5.82 Å². The highest BCUT2D eigenvalue weighted by Gasteiger charge is 2.33. The summed E-state index contributed by atoms with van der Waals surface area (Å²) in [5.74, 6) is 1.43. The van der Waals surface area contributed by atoms with E-state index < -0.39 is 0 Å². The van der Waals surface area contributed by atoms with Crippen molar-refractivity contribution in [3.63, 3.8) is 0 Å². The lowest BCUT2D eigenvalue weighted by molar-refractivity contribution is 0.375. The number of hydrogen-bond acceptors (Lipinski definition) is 5. The van der Waals surface area contributed by atoms with Crippen LogP contribution in [0.1, 0.15) is 31.4 Å². The summed E-state index contributed by atoms with van der Waals surface area (Å²) in [6.07, 6.45) is 8.20. The summed E-state index contributed by atoms with van der Waals surface area (Å²) in [4.78, 5) is 10.8. The summed E-state index contributed by atoms with van der Waals surface area (Å²) in [6.45, 7) is 3.20. The Labute approximate surface area is 113 Å². The van der Waals surface area contributed by atoms with Crippen molar-refractivity contribution in [1.29, 1.82) is 5.26 Å². The van der Waals surface area contributed by atoms with Gasteiger partial charge in [0.25, 0.3) is 0 Å². The molecule has 3 rings (SSSR count). The normalized spacial score (nSPS) is 22.8. The molecule has 1 saturated heterocycles. The van der Waals surface area contributed by atoms with Gasteiger partial charge in [-0.25, -0.2) is 9.97 Å². The fraction of sp³-hybridized carbons (Fsp3) is 0.643. The van der Waals surface area contributed by atoms with Crippen LogP contribution in [-0.2, 0) is 0 Å². The molecule has 1 N–H and O–H groups in total. The molecule has 1 unspecified atom stereocenters. The minimum atomic E-state index is 0.457. The Morgan fingerprint density at radius 2 is 2.16 bits per heavy atom. The smallest absolute Gasteiger partial charge is 0.183 e. The largest absolute Gasteiger partial charge is 0.351 e. The molecule has 100 valence electrons. The minimum absolute atomic E-state index is 0.457. The molecule has 2 aliphatic rings. The number of aromatic nitrogens is 2. The first-order chi connectivity index (χ1) is 9.38. The van der Waals surface area contributed by atoms with E-state index in [2.05, 4.69) is 26.3 Å². The maximum absolute atomic E-state index is 9.18. The Hall–Kier alpha value is -1.67. The lowest BCUT2D eigenvalue weighted by atomic mass is 9.99. The number of piperidine rings is 1. The van der Waals surface area contributed by atoms with Gasteiger partial charge in [-0.3, -0.25) is 0 Å². The molecule has 5 nitrogen and oxygen atoms in total. The summed E-state index contributed by atoms with van der Waals surface area (Å²) >= 11 is 0. The van der Waals surface area contributed by atoms with Crippen LogP contribution in [0.25, 0.3) is 0 Å². The van der Waals surface area contributed by atoms with Gasteiger partial charge in [0.15, 0.2) is 11.5 Å². The molecule has 0 amide bonds. The molecular formula is C14H19N5. The Morgan fingerprint density at radius 3 is 2.84 bits per heavy atom. The van der Waals surface area contributed by atoms with Crippen molar-refractivity contribution in [2.45, 2.75) is 31.7 Å². The highest BCUT2D eigenvalue weighted by molar-refractivity contribution is 5.51. The van der Waals surface area contributed by atoms with Crippen LogP contribution in [0, 0.1) is 17.2 Å². The molecule has 2 fully saturated rings. The predicted molar refractivity (Wildman–Crippen MR) is 72.7 cm³/mol. The van der Waals surface area contributed by atoms with Gasteiger partial charge < -0.3 is 10.2 Å². The molecule has 0 aromatic carbocycles. The van der Waals surface area contributed by atoms with Crippen LogP contribution >= 0.6 is 0 Å². The number of nitrogens with zero attached hydrogens (tertiary/aromatic N) is 4. The SMILES string of the molecule is N#Cc1nccnc1N(CC1CCCNC1)C1CC1. The van der Waals surface area contributed by atoms with Crippen molar-refractivity contribution in [1.82, 2.24) is 15.3 Å². The maximum atomic E-state index is 9.18. The molecule has 0 spiro atoms. The van der Waals surface area contributed by atoms with Crippen molar-refractivity contribution in [2.24, 2.45) is 5.92 Å². The fourth-order valence-electron chi connectivity index (χ4n) is 2.77. The average Bonchev–Trinajstić information content (AvgIpc) is 3.30. The van der Waals surface area contributed by atoms with Gasteiger partial charge in [0.05, 0.1) is 0 Å². The number of rotatable bonds is 4. The molecular weight excluding hydrogens is 238 g/mol. The van der Waals surface area contributed by atoms with Crippen molar-refractivity contribution in [3.8, 4) is 6.07 Å². The summed E-state index contributed by atoms with van der Waals surface area (Å²) in [5, 5.41) is 12.6. The van der Waals surface area contributed by atoms with E-state index >= 15 is 0 Å². The molecule has 0 radical (unpaired) electrons. The lowest BCUT2D eigenvalue weighted by Gasteiger charge is -2.31. The fourth-order valence-corrected chi connectivity index (χ4v) is 2.77. The van der Waals surface area contributed by atoms with Crippen molar-refractivity contribution in [2.75, 3.05) is 24.5 Å². The standard InChI is InChI=1S/C14H19N5/c15-8-13-14(18-7-6-17-13)19(12-3-4-12)10-11-2-1-5-16-9-11/h6-7,11-12,16H,1-5,9-10H2. The van der Waals surface area contributed by atoms with Gasteiger partial charge in [0.1, 0.15) is 6.07 Å². The van der Waals surface area contributed by atoms with E-state index in [1.165, 1.54) is 25.7 Å². The zero-order valence-electron chi connectivity index (χ0n) is 11.0. The van der Waals surface area contributed by atoms with E-state index in [1.807, 2.05) is 0 Å². The third-order valence-corrected chi connectivity index (χ3v) is 3.90. The van der Waals surface area contributed by atoms with E-state index in [4.69, 9.17) is 0 Å². The zero-order valence-corrected chi connectivity index (χ0v) is 11.0. The summed E-state index contributed by atoms with van der Waals surface area (Å²) in [6, 6.07) is 2.73. The van der Waals surface area contributed by atoms with Crippen LogP contribution in [0.2, 0.25) is 0 Å². The molecule has 1 saturated carbocycles. The number of nitriles is 1. The van der Waals surface area contributed by atoms with Crippen molar-refractivity contribution in [3.05, 3.63) is 18.1 Å². The molecule has 0 bridgehead atoms. The molecule has 5 heteroatoms. The third-order valence-electron chi connectivity index (χ3n) is 3.90. The highest BCUT2D eigenvalue weighted by Crippen LogP contribution is 2.33. The van der Waals surface area contributed by atoms with Gasteiger partial charge in [0, 0.05) is 25.0 Å². The topological polar surface area (TPSA) is 64.8 Å². The van der Waals surface area contributed by atoms with Crippen LogP contribution in [-0.4, -0.2) is 35.6 Å². The van der Waals surface area contributed by atoms with E-state index in [9.17, 15) is 5.26 Å². The Bertz CT molecular complexity index is 471. The molecule has 1 aromatic rings. The number of anilines is 1. The van der Waals surface area contributed by atoms with Crippen LogP contribution in [0.15, 0.2) is 12.4 Å². The van der Waals surface area contributed by atoms with Gasteiger partial charge >= 0.3 is 0 Å². The predicted octanol–water partition coefficient (Wildman–Crippen LogP) is 1.32. The van der Waals surface area contributed by atoms with Gasteiger partial charge in [-0.1, -0.05) is 0 Å². The first-order valence-electron chi connectivity index (χ1n) is 7.07. The Kier molecular flexibility index (Phi) is 3.60. The van der Waals surface area contributed by atoms with Gasteiger partial charge in [0.2, 0.25) is 0 Å². The second kappa shape index (κ2) is 5.54. The second-order valence-electron chi connectivity index (χ2n) is 5.44. The van der Waals surface area contributed by atoms with E-state index in [0.29, 0.717) is 17.7 Å². The minimum Gasteiger partial charge on any atom is -0.351 e. The van der Waals surface area contributed by atoms with Gasteiger partial charge in [-0.2, -0.15) is 5.26 Å². The summed E-state index contributed by atoms with van der Waals surface area (Å²) in [5.41, 5.74) is 0.457. The quantitative estimate of drug-likeness (QED) is 0.881. The average molecular weight is 257 g/mol. The van der Waals surface area contributed by atoms with Crippen molar-refractivity contribution >= 4 is 5.82 Å². The molecule has 1 aromatic heterocycles. The Balaban J connectivity index is 1.78. The molecule has 1 atom stereocenters. The molecule has 2 heterocycles. The molecule has 19 heavy (non-hydrogen) atoms. The first-order valence-corrected chi connectivity index (χ1v) is 7.07. The van der Waals surface area contributed by atoms with E-state index in [0.717, 1.165) is 25.5 Å². The Morgan fingerprint density at radius 1 is 1.32 bits per heavy atom. The van der Waals surface area contributed by atoms with Crippen LogP contribution < -0.4 is 10.2 Å². The highest BCUT2D eigenvalue weighted by atomic mass is 15.2. The van der Waals surface area contributed by atoms with Crippen LogP contribution in [0.5, 0.6) is 0 Å². The number of hydrogen-bond donors (Lipinski definition) is 1. The summed E-state index contributed by atoms with van der Waals surface area (Å²) in [7, 11) is 0. The third kappa shape index (κ3) is 2.85. The summed E-state index contributed by atoms with van der Waals surface area (Å²) < 4.78 is 0. The second-order valence-corrected chi connectivity index (χ2v) is 5.44. The zero-order chi connectivity index (χ0) is 13.1. The van der Waals surface area contributed by atoms with E-state index in [1.54, 1.807) is 12.4 Å². The van der Waals surface area contributed by atoms with Crippen LogP contribution in [0.3, 0.4) is 0 Å².